The van der Waals surface area contributed by atoms with Gasteiger partial charge in [-0.25, -0.2) is 0 Å². The van der Waals surface area contributed by atoms with Crippen molar-refractivity contribution in [2.75, 3.05) is 21.3 Å². The molecule has 1 saturated carbocycles. The lowest BCUT2D eigenvalue weighted by atomic mass is 9.77. The molecule has 19 heavy (non-hydrogen) atoms. The largest absolute Gasteiger partial charge is 0.497 e. The van der Waals surface area contributed by atoms with Gasteiger partial charge in [-0.05, 0) is 50.4 Å². The Labute approximate surface area is 114 Å². The molecule has 1 aliphatic carbocycles. The Hall–Kier alpha value is -1.26. The zero-order valence-electron chi connectivity index (χ0n) is 11.9. The highest BCUT2D eigenvalue weighted by molar-refractivity contribution is 5.41. The van der Waals surface area contributed by atoms with E-state index in [1.54, 1.807) is 14.2 Å². The number of hydrogen-bond acceptors (Lipinski definition) is 4. The first-order valence-corrected chi connectivity index (χ1v) is 6.74. The number of hydrogen-bond donors (Lipinski definition) is 2. The van der Waals surface area contributed by atoms with Crippen molar-refractivity contribution in [1.82, 2.24) is 5.32 Å². The maximum Gasteiger partial charge on any atom is 0.122 e. The Morgan fingerprint density at radius 1 is 1.11 bits per heavy atom. The van der Waals surface area contributed by atoms with E-state index < -0.39 is 5.60 Å². The van der Waals surface area contributed by atoms with Crippen LogP contribution in [0.4, 0.5) is 0 Å². The van der Waals surface area contributed by atoms with E-state index in [4.69, 9.17) is 9.47 Å². The molecule has 0 aliphatic heterocycles. The third kappa shape index (κ3) is 3.01. The Bertz CT molecular complexity index is 403. The molecule has 0 spiro atoms. The third-order valence-electron chi connectivity index (χ3n) is 4.11. The second-order valence-corrected chi connectivity index (χ2v) is 5.20. The van der Waals surface area contributed by atoms with Crippen LogP contribution in [0.15, 0.2) is 18.2 Å². The van der Waals surface area contributed by atoms with Gasteiger partial charge < -0.3 is 19.9 Å². The van der Waals surface area contributed by atoms with Crippen LogP contribution in [0.1, 0.15) is 31.2 Å². The summed E-state index contributed by atoms with van der Waals surface area (Å²) in [6, 6.07) is 6.14. The second kappa shape index (κ2) is 5.80. The van der Waals surface area contributed by atoms with Crippen molar-refractivity contribution in [3.8, 4) is 11.5 Å². The molecule has 1 aromatic rings. The van der Waals surface area contributed by atoms with Gasteiger partial charge in [-0.2, -0.15) is 0 Å². The average molecular weight is 265 g/mol. The van der Waals surface area contributed by atoms with Crippen molar-refractivity contribution >= 4 is 0 Å². The van der Waals surface area contributed by atoms with Crippen LogP contribution in [-0.2, 0) is 5.60 Å². The van der Waals surface area contributed by atoms with Gasteiger partial charge in [0.2, 0.25) is 0 Å². The Kier molecular flexibility index (Phi) is 4.32. The Morgan fingerprint density at radius 3 is 2.05 bits per heavy atom. The van der Waals surface area contributed by atoms with Gasteiger partial charge in [0, 0.05) is 12.1 Å². The van der Waals surface area contributed by atoms with Crippen LogP contribution < -0.4 is 14.8 Å². The fourth-order valence-electron chi connectivity index (χ4n) is 2.75. The van der Waals surface area contributed by atoms with E-state index in [0.717, 1.165) is 42.7 Å². The van der Waals surface area contributed by atoms with Crippen molar-refractivity contribution in [1.29, 1.82) is 0 Å². The molecule has 2 rings (SSSR count). The van der Waals surface area contributed by atoms with Gasteiger partial charge in [-0.3, -0.25) is 0 Å². The summed E-state index contributed by atoms with van der Waals surface area (Å²) in [4.78, 5) is 0. The van der Waals surface area contributed by atoms with E-state index in [0.29, 0.717) is 6.04 Å². The maximum atomic E-state index is 10.9. The van der Waals surface area contributed by atoms with E-state index in [-0.39, 0.29) is 0 Å². The van der Waals surface area contributed by atoms with Crippen molar-refractivity contribution < 1.29 is 14.6 Å². The number of rotatable bonds is 4. The molecule has 0 saturated heterocycles. The second-order valence-electron chi connectivity index (χ2n) is 5.20. The van der Waals surface area contributed by atoms with Crippen molar-refractivity contribution in [3.05, 3.63) is 23.8 Å². The first-order valence-electron chi connectivity index (χ1n) is 6.74. The molecular formula is C15H23NO3. The Balaban J connectivity index is 2.25. The molecule has 0 unspecified atom stereocenters. The lowest BCUT2D eigenvalue weighted by Gasteiger charge is -2.36. The topological polar surface area (TPSA) is 50.7 Å². The lowest BCUT2D eigenvalue weighted by molar-refractivity contribution is -0.00794. The lowest BCUT2D eigenvalue weighted by Crippen LogP contribution is -2.38. The van der Waals surface area contributed by atoms with Gasteiger partial charge in [0.15, 0.2) is 0 Å². The monoisotopic (exact) mass is 265 g/mol. The average Bonchev–Trinajstić information content (AvgIpc) is 2.47. The van der Waals surface area contributed by atoms with Crippen LogP contribution >= 0.6 is 0 Å². The predicted octanol–water partition coefficient (Wildman–Crippen LogP) is 2.05. The normalized spacial score (nSPS) is 27.1. The van der Waals surface area contributed by atoms with Gasteiger partial charge in [0.05, 0.1) is 19.8 Å². The molecule has 0 aromatic heterocycles. The molecule has 4 nitrogen and oxygen atoms in total. The van der Waals surface area contributed by atoms with Gasteiger partial charge >= 0.3 is 0 Å². The van der Waals surface area contributed by atoms with E-state index in [1.165, 1.54) is 0 Å². The Morgan fingerprint density at radius 2 is 1.63 bits per heavy atom. The summed E-state index contributed by atoms with van der Waals surface area (Å²) < 4.78 is 10.5. The molecule has 1 aromatic carbocycles. The molecule has 4 heteroatoms. The number of methoxy groups -OCH3 is 2. The standard InChI is InChI=1S/C15H23NO3/c1-16-12-4-6-15(17,7-5-12)11-8-13(18-2)10-14(9-11)19-3/h8-10,12,16-17H,4-7H2,1-3H3. The zero-order valence-corrected chi connectivity index (χ0v) is 11.9. The molecule has 1 fully saturated rings. The van der Waals surface area contributed by atoms with E-state index in [1.807, 2.05) is 25.2 Å². The SMILES string of the molecule is CNC1CCC(O)(c2cc(OC)cc(OC)c2)CC1. The van der Waals surface area contributed by atoms with Gasteiger partial charge in [0.25, 0.3) is 0 Å². The smallest absolute Gasteiger partial charge is 0.122 e. The summed E-state index contributed by atoms with van der Waals surface area (Å²) in [7, 11) is 5.23. The summed E-state index contributed by atoms with van der Waals surface area (Å²) in [5, 5.41) is 14.1. The number of benzene rings is 1. The summed E-state index contributed by atoms with van der Waals surface area (Å²) in [6.07, 6.45) is 3.47. The van der Waals surface area contributed by atoms with Gasteiger partial charge in [-0.1, -0.05) is 0 Å². The van der Waals surface area contributed by atoms with Crippen molar-refractivity contribution in [3.63, 3.8) is 0 Å². The first-order chi connectivity index (χ1) is 9.11. The molecule has 106 valence electrons. The van der Waals surface area contributed by atoms with E-state index in [9.17, 15) is 5.11 Å². The molecule has 1 aliphatic rings. The van der Waals surface area contributed by atoms with Crippen LogP contribution in [0.3, 0.4) is 0 Å². The molecule has 0 amide bonds. The number of ether oxygens (including phenoxy) is 2. The number of aliphatic hydroxyl groups is 1. The predicted molar refractivity (Wildman–Crippen MR) is 74.8 cm³/mol. The molecule has 2 N–H and O–H groups in total. The van der Waals surface area contributed by atoms with Crippen molar-refractivity contribution in [2.45, 2.75) is 37.3 Å². The minimum atomic E-state index is -0.769. The van der Waals surface area contributed by atoms with Crippen LogP contribution in [0.2, 0.25) is 0 Å². The summed E-state index contributed by atoms with van der Waals surface area (Å²) >= 11 is 0. The van der Waals surface area contributed by atoms with Crippen LogP contribution in [-0.4, -0.2) is 32.4 Å². The molecule has 0 radical (unpaired) electrons. The van der Waals surface area contributed by atoms with Crippen LogP contribution in [0, 0.1) is 0 Å². The minimum absolute atomic E-state index is 0.507. The van der Waals surface area contributed by atoms with Crippen LogP contribution in [0.25, 0.3) is 0 Å². The highest BCUT2D eigenvalue weighted by Crippen LogP contribution is 2.39. The van der Waals surface area contributed by atoms with Crippen molar-refractivity contribution in [2.24, 2.45) is 0 Å². The summed E-state index contributed by atoms with van der Waals surface area (Å²) in [5.41, 5.74) is 0.119. The highest BCUT2D eigenvalue weighted by atomic mass is 16.5. The third-order valence-corrected chi connectivity index (χ3v) is 4.11. The summed E-state index contributed by atoms with van der Waals surface area (Å²) in [6.45, 7) is 0. The summed E-state index contributed by atoms with van der Waals surface area (Å²) in [5.74, 6) is 1.44. The maximum absolute atomic E-state index is 10.9. The van der Waals surface area contributed by atoms with Crippen LogP contribution in [0.5, 0.6) is 11.5 Å². The van der Waals surface area contributed by atoms with Gasteiger partial charge in [0.1, 0.15) is 11.5 Å². The molecular weight excluding hydrogens is 242 g/mol. The number of nitrogens with one attached hydrogen (secondary N) is 1. The van der Waals surface area contributed by atoms with Gasteiger partial charge in [-0.15, -0.1) is 0 Å². The van der Waals surface area contributed by atoms with E-state index in [2.05, 4.69) is 5.32 Å². The highest BCUT2D eigenvalue weighted by Gasteiger charge is 2.35. The minimum Gasteiger partial charge on any atom is -0.497 e. The molecule has 0 heterocycles. The quantitative estimate of drug-likeness (QED) is 0.875. The molecule has 0 atom stereocenters. The van der Waals surface area contributed by atoms with E-state index >= 15 is 0 Å². The fourth-order valence-corrected chi connectivity index (χ4v) is 2.75. The molecule has 0 bridgehead atoms. The first kappa shape index (κ1) is 14.2. The fraction of sp³-hybridized carbons (Fsp3) is 0.600. The zero-order chi connectivity index (χ0) is 13.9.